The molecule has 3 heterocycles. The van der Waals surface area contributed by atoms with Crippen molar-refractivity contribution < 1.29 is 4.74 Å². The molecule has 1 aromatic carbocycles. The molecule has 1 aliphatic rings. The highest BCUT2D eigenvalue weighted by atomic mass is 16.5. The maximum absolute atomic E-state index is 6.22. The number of pyridine rings is 1. The zero-order chi connectivity index (χ0) is 13.4. The number of para-hydroxylation sites is 1. The van der Waals surface area contributed by atoms with E-state index in [4.69, 9.17) is 4.74 Å². The quantitative estimate of drug-likeness (QED) is 0.754. The average Bonchev–Trinajstić information content (AvgIpc) is 3.14. The first-order chi connectivity index (χ1) is 9.92. The van der Waals surface area contributed by atoms with Crippen molar-refractivity contribution in [3.05, 3.63) is 66.1 Å². The third kappa shape index (κ3) is 1.91. The third-order valence-corrected chi connectivity index (χ3v) is 4.01. The molecule has 1 aliphatic heterocycles. The summed E-state index contributed by atoms with van der Waals surface area (Å²) in [5, 5.41) is 1.26. The van der Waals surface area contributed by atoms with Gasteiger partial charge in [-0.3, -0.25) is 4.98 Å². The molecule has 0 bridgehead atoms. The molecule has 4 rings (SSSR count). The highest BCUT2D eigenvalue weighted by Crippen LogP contribution is 2.42. The Morgan fingerprint density at radius 2 is 1.85 bits per heavy atom. The zero-order valence-electron chi connectivity index (χ0n) is 11.1. The predicted molar refractivity (Wildman–Crippen MR) is 78.3 cm³/mol. The molecule has 0 spiro atoms. The zero-order valence-corrected chi connectivity index (χ0v) is 11.1. The Morgan fingerprint density at radius 1 is 1.00 bits per heavy atom. The van der Waals surface area contributed by atoms with Crippen molar-refractivity contribution in [1.29, 1.82) is 0 Å². The van der Waals surface area contributed by atoms with Crippen LogP contribution in [0.4, 0.5) is 0 Å². The van der Waals surface area contributed by atoms with Crippen LogP contribution < -0.4 is 0 Å². The van der Waals surface area contributed by atoms with Crippen LogP contribution in [0.1, 0.15) is 36.3 Å². The molecule has 3 heteroatoms. The minimum atomic E-state index is 0.120. The number of aromatic amines is 1. The molecular weight excluding hydrogens is 248 g/mol. The first kappa shape index (κ1) is 11.7. The minimum Gasteiger partial charge on any atom is -0.364 e. The smallest absolute Gasteiger partial charge is 0.100 e. The Balaban J connectivity index is 1.62. The Morgan fingerprint density at radius 3 is 2.75 bits per heavy atom. The second kappa shape index (κ2) is 4.76. The number of nitrogens with one attached hydrogen (secondary N) is 1. The molecule has 0 aliphatic carbocycles. The molecule has 1 fully saturated rings. The Kier molecular flexibility index (Phi) is 2.78. The van der Waals surface area contributed by atoms with Crippen molar-refractivity contribution >= 4 is 10.9 Å². The van der Waals surface area contributed by atoms with Crippen molar-refractivity contribution in [1.82, 2.24) is 9.97 Å². The highest BCUT2D eigenvalue weighted by Gasteiger charge is 2.29. The summed E-state index contributed by atoms with van der Waals surface area (Å²) in [7, 11) is 0. The van der Waals surface area contributed by atoms with Crippen molar-refractivity contribution in [3.8, 4) is 0 Å². The lowest BCUT2D eigenvalue weighted by Crippen LogP contribution is -2.00. The first-order valence-electron chi connectivity index (χ1n) is 7.04. The number of aromatic nitrogens is 2. The van der Waals surface area contributed by atoms with Crippen molar-refractivity contribution in [2.45, 2.75) is 25.0 Å². The van der Waals surface area contributed by atoms with E-state index in [0.29, 0.717) is 0 Å². The number of ether oxygens (including phenoxy) is 1. The molecular formula is C17H16N2O. The van der Waals surface area contributed by atoms with Crippen molar-refractivity contribution in [2.24, 2.45) is 0 Å². The van der Waals surface area contributed by atoms with E-state index >= 15 is 0 Å². The molecule has 0 saturated carbocycles. The number of hydrogen-bond donors (Lipinski definition) is 1. The monoisotopic (exact) mass is 264 g/mol. The van der Waals surface area contributed by atoms with Gasteiger partial charge in [0.05, 0.1) is 11.8 Å². The van der Waals surface area contributed by atoms with Gasteiger partial charge in [0.15, 0.2) is 0 Å². The number of hydrogen-bond acceptors (Lipinski definition) is 2. The van der Waals surface area contributed by atoms with E-state index in [1.54, 1.807) is 0 Å². The van der Waals surface area contributed by atoms with Gasteiger partial charge in [-0.2, -0.15) is 0 Å². The third-order valence-electron chi connectivity index (χ3n) is 4.01. The molecule has 20 heavy (non-hydrogen) atoms. The van der Waals surface area contributed by atoms with Crippen LogP contribution in [0.5, 0.6) is 0 Å². The summed E-state index contributed by atoms with van der Waals surface area (Å²) in [6.07, 6.45) is 6.27. The maximum Gasteiger partial charge on any atom is 0.100 e. The Labute approximate surface area is 117 Å². The van der Waals surface area contributed by atoms with Crippen LogP contribution in [0.3, 0.4) is 0 Å². The molecule has 2 unspecified atom stereocenters. The predicted octanol–water partition coefficient (Wildman–Crippen LogP) is 4.16. The van der Waals surface area contributed by atoms with Crippen LogP contribution in [-0.2, 0) is 4.74 Å². The molecule has 2 atom stereocenters. The van der Waals surface area contributed by atoms with Crippen LogP contribution in [0, 0.1) is 0 Å². The van der Waals surface area contributed by atoms with E-state index in [9.17, 15) is 0 Å². The standard InChI is InChI=1S/C17H16N2O/c1-2-6-14-12(5-1)13(11-19-14)16-8-9-17(20-16)15-7-3-4-10-18-15/h1-7,10-11,16-17,19H,8-9H2. The fraction of sp³-hybridized carbons (Fsp3) is 0.235. The maximum atomic E-state index is 6.22. The van der Waals surface area contributed by atoms with Gasteiger partial charge in [0, 0.05) is 28.9 Å². The highest BCUT2D eigenvalue weighted by molar-refractivity contribution is 5.83. The van der Waals surface area contributed by atoms with Gasteiger partial charge in [-0.05, 0) is 31.0 Å². The van der Waals surface area contributed by atoms with E-state index in [0.717, 1.165) is 18.5 Å². The molecule has 1 saturated heterocycles. The molecule has 100 valence electrons. The molecule has 1 N–H and O–H groups in total. The average molecular weight is 264 g/mol. The first-order valence-corrected chi connectivity index (χ1v) is 7.04. The lowest BCUT2D eigenvalue weighted by atomic mass is 10.0. The summed E-state index contributed by atoms with van der Waals surface area (Å²) in [6, 6.07) is 14.4. The van der Waals surface area contributed by atoms with Crippen molar-refractivity contribution in [3.63, 3.8) is 0 Å². The number of H-pyrrole nitrogens is 1. The second-order valence-corrected chi connectivity index (χ2v) is 5.23. The molecule has 3 aromatic rings. The molecule has 3 nitrogen and oxygen atoms in total. The second-order valence-electron chi connectivity index (χ2n) is 5.23. The summed E-state index contributed by atoms with van der Waals surface area (Å²) < 4.78 is 6.22. The molecule has 0 amide bonds. The van der Waals surface area contributed by atoms with E-state index in [2.05, 4.69) is 40.4 Å². The van der Waals surface area contributed by atoms with E-state index in [-0.39, 0.29) is 12.2 Å². The SMILES string of the molecule is c1ccc(C2CCC(c3c[nH]c4ccccc34)O2)nc1. The summed E-state index contributed by atoms with van der Waals surface area (Å²) >= 11 is 0. The van der Waals surface area contributed by atoms with Gasteiger partial charge in [-0.15, -0.1) is 0 Å². The van der Waals surface area contributed by atoms with Gasteiger partial charge >= 0.3 is 0 Å². The van der Waals surface area contributed by atoms with Gasteiger partial charge in [0.1, 0.15) is 6.10 Å². The van der Waals surface area contributed by atoms with Gasteiger partial charge in [0.25, 0.3) is 0 Å². The summed E-state index contributed by atoms with van der Waals surface area (Å²) in [4.78, 5) is 7.73. The number of nitrogens with zero attached hydrogens (tertiary/aromatic N) is 1. The minimum absolute atomic E-state index is 0.120. The van der Waals surface area contributed by atoms with Crippen LogP contribution in [0.2, 0.25) is 0 Å². The molecule has 0 radical (unpaired) electrons. The van der Waals surface area contributed by atoms with Gasteiger partial charge < -0.3 is 9.72 Å². The fourth-order valence-corrected chi connectivity index (χ4v) is 3.01. The van der Waals surface area contributed by atoms with E-state index in [1.165, 1.54) is 16.5 Å². The largest absolute Gasteiger partial charge is 0.364 e. The molecule has 2 aromatic heterocycles. The topological polar surface area (TPSA) is 37.9 Å². The Bertz CT molecular complexity index is 720. The van der Waals surface area contributed by atoms with E-state index in [1.807, 2.05) is 24.4 Å². The van der Waals surface area contributed by atoms with Crippen LogP contribution in [0.25, 0.3) is 10.9 Å². The lowest BCUT2D eigenvalue weighted by Gasteiger charge is -2.12. The van der Waals surface area contributed by atoms with Gasteiger partial charge in [-0.25, -0.2) is 0 Å². The van der Waals surface area contributed by atoms with Crippen molar-refractivity contribution in [2.75, 3.05) is 0 Å². The normalized spacial score (nSPS) is 22.4. The van der Waals surface area contributed by atoms with E-state index < -0.39 is 0 Å². The number of benzene rings is 1. The fourth-order valence-electron chi connectivity index (χ4n) is 3.01. The van der Waals surface area contributed by atoms with Gasteiger partial charge in [-0.1, -0.05) is 24.3 Å². The summed E-state index contributed by atoms with van der Waals surface area (Å²) in [5.74, 6) is 0. The van der Waals surface area contributed by atoms with Crippen LogP contribution in [0.15, 0.2) is 54.9 Å². The lowest BCUT2D eigenvalue weighted by molar-refractivity contribution is 0.0425. The van der Waals surface area contributed by atoms with Crippen LogP contribution >= 0.6 is 0 Å². The summed E-state index contributed by atoms with van der Waals surface area (Å²) in [5.41, 5.74) is 3.47. The van der Waals surface area contributed by atoms with Crippen LogP contribution in [-0.4, -0.2) is 9.97 Å². The number of fused-ring (bicyclic) bond motifs is 1. The number of rotatable bonds is 2. The summed E-state index contributed by atoms with van der Waals surface area (Å²) in [6.45, 7) is 0. The Hall–Kier alpha value is -2.13. The van der Waals surface area contributed by atoms with Gasteiger partial charge in [0.2, 0.25) is 0 Å².